The van der Waals surface area contributed by atoms with Gasteiger partial charge in [0.2, 0.25) is 5.91 Å². The van der Waals surface area contributed by atoms with Crippen molar-refractivity contribution in [1.29, 1.82) is 0 Å². The molecule has 0 spiro atoms. The Bertz CT molecular complexity index is 1070. The van der Waals surface area contributed by atoms with E-state index < -0.39 is 12.1 Å². The molecule has 1 saturated carbocycles. The van der Waals surface area contributed by atoms with E-state index in [4.69, 9.17) is 14.2 Å². The molecule has 0 radical (unpaired) electrons. The third kappa shape index (κ3) is 8.70. The van der Waals surface area contributed by atoms with Gasteiger partial charge in [-0.25, -0.2) is 0 Å². The van der Waals surface area contributed by atoms with Crippen molar-refractivity contribution in [1.82, 2.24) is 10.6 Å². The number of carbonyl (C=O) groups excluding carboxylic acids is 2. The summed E-state index contributed by atoms with van der Waals surface area (Å²) in [6.07, 6.45) is 8.04. The average Bonchev–Trinajstić information content (AvgIpc) is 2.99. The Balaban J connectivity index is 1.26. The van der Waals surface area contributed by atoms with E-state index in [0.717, 1.165) is 31.4 Å². The normalized spacial score (nSPS) is 16.8. The maximum Gasteiger partial charge on any atom is 0.220 e. The van der Waals surface area contributed by atoms with Crippen LogP contribution < -0.4 is 24.8 Å². The Hall–Kier alpha value is -3.10. The van der Waals surface area contributed by atoms with Crippen LogP contribution in [-0.4, -0.2) is 55.7 Å². The van der Waals surface area contributed by atoms with Gasteiger partial charge in [0, 0.05) is 31.0 Å². The van der Waals surface area contributed by atoms with Gasteiger partial charge in [0.1, 0.15) is 25.1 Å². The summed E-state index contributed by atoms with van der Waals surface area (Å²) in [6, 6.07) is 12.5. The molecule has 1 aliphatic heterocycles. The quantitative estimate of drug-likeness (QED) is 0.236. The van der Waals surface area contributed by atoms with Gasteiger partial charge >= 0.3 is 0 Å². The van der Waals surface area contributed by atoms with Gasteiger partial charge in [-0.1, -0.05) is 31.7 Å². The monoisotopic (exact) mass is 538 g/mol. The first-order chi connectivity index (χ1) is 19.0. The molecule has 3 N–H and O–H groups in total. The summed E-state index contributed by atoms with van der Waals surface area (Å²) >= 11 is 0. The number of amides is 1. The number of ether oxygens (including phenoxy) is 3. The second-order valence-electron chi connectivity index (χ2n) is 10.5. The first-order valence-electron chi connectivity index (χ1n) is 14.3. The van der Waals surface area contributed by atoms with Crippen molar-refractivity contribution in [3.8, 4) is 17.2 Å². The van der Waals surface area contributed by atoms with Crippen LogP contribution in [0.4, 0.5) is 0 Å². The van der Waals surface area contributed by atoms with Crippen LogP contribution in [0.15, 0.2) is 42.5 Å². The smallest absolute Gasteiger partial charge is 0.220 e. The molecule has 4 rings (SSSR count). The lowest BCUT2D eigenvalue weighted by molar-refractivity contribution is -0.122. The highest BCUT2D eigenvalue weighted by molar-refractivity contribution is 5.96. The lowest BCUT2D eigenvalue weighted by Crippen LogP contribution is -2.48. The molecule has 2 unspecified atom stereocenters. The average molecular weight is 539 g/mol. The second kappa shape index (κ2) is 14.9. The highest BCUT2D eigenvalue weighted by Crippen LogP contribution is 2.33. The van der Waals surface area contributed by atoms with Crippen molar-refractivity contribution in [2.24, 2.45) is 0 Å². The summed E-state index contributed by atoms with van der Waals surface area (Å²) in [4.78, 5) is 25.3. The summed E-state index contributed by atoms with van der Waals surface area (Å²) < 4.78 is 16.4. The van der Waals surface area contributed by atoms with Gasteiger partial charge in [0.25, 0.3) is 0 Å². The lowest BCUT2D eigenvalue weighted by Gasteiger charge is -2.29. The van der Waals surface area contributed by atoms with E-state index in [1.165, 1.54) is 19.3 Å². The number of aliphatic hydroxyl groups excluding tert-OH is 1. The molecule has 0 aromatic heterocycles. The van der Waals surface area contributed by atoms with Crippen molar-refractivity contribution in [2.75, 3.05) is 26.9 Å². The minimum atomic E-state index is -0.886. The maximum atomic E-state index is 12.9. The fraction of sp³-hybridized carbons (Fsp3) is 0.548. The predicted molar refractivity (Wildman–Crippen MR) is 150 cm³/mol. The number of rotatable bonds is 14. The fourth-order valence-electron chi connectivity index (χ4n) is 5.27. The van der Waals surface area contributed by atoms with Crippen LogP contribution in [0.25, 0.3) is 0 Å². The van der Waals surface area contributed by atoms with Crippen molar-refractivity contribution in [3.05, 3.63) is 53.6 Å². The highest BCUT2D eigenvalue weighted by Gasteiger charge is 2.26. The number of methoxy groups -OCH3 is 1. The molecule has 2 aliphatic rings. The number of fused-ring (bicyclic) bond motifs is 1. The zero-order chi connectivity index (χ0) is 27.5. The van der Waals surface area contributed by atoms with Gasteiger partial charge in [-0.3, -0.25) is 9.59 Å². The summed E-state index contributed by atoms with van der Waals surface area (Å²) in [5, 5.41) is 17.9. The number of hydrogen-bond donors (Lipinski definition) is 3. The number of unbranched alkanes of at least 4 members (excludes halogenated alkanes) is 2. The van der Waals surface area contributed by atoms with E-state index in [2.05, 4.69) is 10.6 Å². The number of ketones is 1. The van der Waals surface area contributed by atoms with Gasteiger partial charge in [-0.05, 0) is 67.6 Å². The van der Waals surface area contributed by atoms with E-state index in [1.807, 2.05) is 12.1 Å². The van der Waals surface area contributed by atoms with Crippen molar-refractivity contribution >= 4 is 11.7 Å². The standard InChI is InChI=1S/C31H42N2O6/c1-37-25-15-12-22(13-16-25)27(34)10-6-3-7-11-30(35)33-26(21-32-24-8-4-2-5-9-24)31(36)23-14-17-28-29(20-23)39-19-18-38-28/h12-17,20,24,26,31-32,36H,2-11,18-19,21H2,1H3,(H,33,35). The van der Waals surface area contributed by atoms with E-state index in [-0.39, 0.29) is 11.7 Å². The molecule has 212 valence electrons. The second-order valence-corrected chi connectivity index (χ2v) is 10.5. The topological polar surface area (TPSA) is 106 Å². The maximum absolute atomic E-state index is 12.9. The number of hydrogen-bond acceptors (Lipinski definition) is 7. The zero-order valence-corrected chi connectivity index (χ0v) is 23.0. The third-order valence-corrected chi connectivity index (χ3v) is 7.59. The molecule has 2 aromatic rings. The van der Waals surface area contributed by atoms with Crippen LogP contribution in [0.5, 0.6) is 17.2 Å². The highest BCUT2D eigenvalue weighted by atomic mass is 16.6. The molecule has 0 bridgehead atoms. The molecule has 2 aromatic carbocycles. The zero-order valence-electron chi connectivity index (χ0n) is 23.0. The van der Waals surface area contributed by atoms with Gasteiger partial charge in [0.15, 0.2) is 17.3 Å². The summed E-state index contributed by atoms with van der Waals surface area (Å²) in [5.74, 6) is 2.02. The van der Waals surface area contributed by atoms with Crippen molar-refractivity contribution < 1.29 is 28.9 Å². The predicted octanol–water partition coefficient (Wildman–Crippen LogP) is 4.74. The third-order valence-electron chi connectivity index (χ3n) is 7.59. The number of nitrogens with one attached hydrogen (secondary N) is 2. The molecule has 1 fully saturated rings. The van der Waals surface area contributed by atoms with E-state index >= 15 is 0 Å². The Morgan fingerprint density at radius 1 is 0.949 bits per heavy atom. The van der Waals surface area contributed by atoms with Crippen LogP contribution in [0, 0.1) is 0 Å². The van der Waals surface area contributed by atoms with E-state index in [1.54, 1.807) is 37.4 Å². The largest absolute Gasteiger partial charge is 0.497 e. The molecule has 39 heavy (non-hydrogen) atoms. The molecule has 1 amide bonds. The summed E-state index contributed by atoms with van der Waals surface area (Å²) in [7, 11) is 1.60. The summed E-state index contributed by atoms with van der Waals surface area (Å²) in [5.41, 5.74) is 1.36. The fourth-order valence-corrected chi connectivity index (χ4v) is 5.27. The molecular weight excluding hydrogens is 496 g/mol. The number of Topliss-reactive ketones (excluding diaryl/α,β-unsaturated/α-hetero) is 1. The number of benzene rings is 2. The minimum Gasteiger partial charge on any atom is -0.497 e. The first-order valence-corrected chi connectivity index (χ1v) is 14.3. The van der Waals surface area contributed by atoms with Gasteiger partial charge < -0.3 is 30.0 Å². The lowest BCUT2D eigenvalue weighted by atomic mass is 9.94. The van der Waals surface area contributed by atoms with E-state index in [9.17, 15) is 14.7 Å². The minimum absolute atomic E-state index is 0.0940. The molecule has 0 saturated heterocycles. The van der Waals surface area contributed by atoms with Crippen molar-refractivity contribution in [3.63, 3.8) is 0 Å². The Morgan fingerprint density at radius 2 is 1.67 bits per heavy atom. The van der Waals surface area contributed by atoms with E-state index in [0.29, 0.717) is 67.7 Å². The molecule has 1 heterocycles. The van der Waals surface area contributed by atoms with Crippen LogP contribution in [0.1, 0.15) is 86.2 Å². The molecule has 1 aliphatic carbocycles. The van der Waals surface area contributed by atoms with Gasteiger partial charge in [-0.15, -0.1) is 0 Å². The SMILES string of the molecule is COc1ccc(C(=O)CCCCCC(=O)NC(CNC2CCCCC2)C(O)c2ccc3c(c2)OCCO3)cc1. The van der Waals surface area contributed by atoms with Crippen LogP contribution in [0.2, 0.25) is 0 Å². The molecule has 8 heteroatoms. The summed E-state index contributed by atoms with van der Waals surface area (Å²) in [6.45, 7) is 1.47. The van der Waals surface area contributed by atoms with Crippen LogP contribution >= 0.6 is 0 Å². The number of aliphatic hydroxyl groups is 1. The molecule has 8 nitrogen and oxygen atoms in total. The van der Waals surface area contributed by atoms with Crippen molar-refractivity contribution in [2.45, 2.75) is 82.4 Å². The molecule has 2 atom stereocenters. The van der Waals surface area contributed by atoms with Gasteiger partial charge in [-0.2, -0.15) is 0 Å². The van der Waals surface area contributed by atoms with Gasteiger partial charge in [0.05, 0.1) is 13.2 Å². The first kappa shape index (κ1) is 28.9. The Labute approximate surface area is 231 Å². The number of carbonyl (C=O) groups is 2. The Morgan fingerprint density at radius 3 is 2.41 bits per heavy atom. The van der Waals surface area contributed by atoms with Crippen LogP contribution in [-0.2, 0) is 4.79 Å². The Kier molecular flexibility index (Phi) is 11.0. The molecular formula is C31H42N2O6. The van der Waals surface area contributed by atoms with Crippen LogP contribution in [0.3, 0.4) is 0 Å².